The molecule has 0 saturated heterocycles. The molecule has 0 aliphatic rings. The van der Waals surface area contributed by atoms with Crippen molar-refractivity contribution < 1.29 is 17.9 Å². The van der Waals surface area contributed by atoms with Crippen LogP contribution >= 0.6 is 0 Å². The van der Waals surface area contributed by atoms with E-state index in [0.29, 0.717) is 6.61 Å². The van der Waals surface area contributed by atoms with Crippen LogP contribution in [0.3, 0.4) is 0 Å². The molecular weight excluding hydrogens is 364 g/mol. The van der Waals surface area contributed by atoms with Crippen LogP contribution in [0.2, 0.25) is 0 Å². The van der Waals surface area contributed by atoms with Gasteiger partial charge in [0.2, 0.25) is 15.9 Å². The normalized spacial score (nSPS) is 12.6. The van der Waals surface area contributed by atoms with E-state index in [4.69, 9.17) is 4.74 Å². The largest absolute Gasteiger partial charge is 0.491 e. The van der Waals surface area contributed by atoms with Crippen LogP contribution < -0.4 is 10.1 Å². The number of hydrogen-bond acceptors (Lipinski definition) is 4. The fourth-order valence-electron chi connectivity index (χ4n) is 2.40. The van der Waals surface area contributed by atoms with Crippen molar-refractivity contribution in [2.45, 2.75) is 31.7 Å². The molecule has 0 aliphatic carbocycles. The van der Waals surface area contributed by atoms with Gasteiger partial charge in [-0.15, -0.1) is 0 Å². The lowest BCUT2D eigenvalue weighted by Gasteiger charge is -2.19. The molecule has 0 radical (unpaired) electrons. The summed E-state index contributed by atoms with van der Waals surface area (Å²) < 4.78 is 31.7. The topological polar surface area (TPSA) is 75.7 Å². The Morgan fingerprint density at radius 2 is 1.56 bits per heavy atom. The summed E-state index contributed by atoms with van der Waals surface area (Å²) in [5.74, 6) is 0.342. The second-order valence-corrected chi connectivity index (χ2v) is 8.71. The van der Waals surface area contributed by atoms with E-state index in [1.165, 1.54) is 19.2 Å². The summed E-state index contributed by atoms with van der Waals surface area (Å²) in [6, 6.07) is 13.9. The second-order valence-electron chi connectivity index (χ2n) is 6.67. The van der Waals surface area contributed by atoms with Gasteiger partial charge in [-0.1, -0.05) is 35.4 Å². The Bertz CT molecular complexity index is 862. The maximum Gasteiger partial charge on any atom is 0.243 e. The number of benzene rings is 2. The molecule has 1 atom stereocenters. The van der Waals surface area contributed by atoms with E-state index < -0.39 is 10.0 Å². The molecule has 146 valence electrons. The monoisotopic (exact) mass is 390 g/mol. The van der Waals surface area contributed by atoms with Crippen molar-refractivity contribution in [3.8, 4) is 5.75 Å². The molecule has 2 aromatic rings. The molecule has 0 bridgehead atoms. The molecule has 2 rings (SSSR count). The summed E-state index contributed by atoms with van der Waals surface area (Å²) in [6.07, 6.45) is 0. The molecule has 0 fully saturated rings. The van der Waals surface area contributed by atoms with Crippen LogP contribution in [-0.4, -0.2) is 44.9 Å². The van der Waals surface area contributed by atoms with Gasteiger partial charge in [0.15, 0.2) is 0 Å². The van der Waals surface area contributed by atoms with Crippen LogP contribution in [0.4, 0.5) is 0 Å². The van der Waals surface area contributed by atoms with Gasteiger partial charge in [-0.05, 0) is 45.0 Å². The number of nitrogens with one attached hydrogen (secondary N) is 1. The Balaban J connectivity index is 1.86. The summed E-state index contributed by atoms with van der Waals surface area (Å²) in [5, 5.41) is 2.76. The molecule has 2 aromatic carbocycles. The highest BCUT2D eigenvalue weighted by molar-refractivity contribution is 7.89. The number of rotatable bonds is 8. The van der Waals surface area contributed by atoms with E-state index in [1.54, 1.807) is 19.1 Å². The highest BCUT2D eigenvalue weighted by atomic mass is 32.2. The lowest BCUT2D eigenvalue weighted by Crippen LogP contribution is -2.43. The third-order valence-electron chi connectivity index (χ3n) is 4.02. The van der Waals surface area contributed by atoms with Gasteiger partial charge in [-0.3, -0.25) is 4.79 Å². The Labute approximate surface area is 161 Å². The SMILES string of the molecule is Cc1ccc(OCC(C)NC(=O)CN(C)S(=O)(=O)c2ccc(C)cc2)cc1. The predicted molar refractivity (Wildman–Crippen MR) is 105 cm³/mol. The summed E-state index contributed by atoms with van der Waals surface area (Å²) in [7, 11) is -2.31. The van der Waals surface area contributed by atoms with Crippen LogP contribution in [0.1, 0.15) is 18.1 Å². The van der Waals surface area contributed by atoms with Crippen LogP contribution in [0, 0.1) is 13.8 Å². The van der Waals surface area contributed by atoms with Crippen molar-refractivity contribution >= 4 is 15.9 Å². The molecule has 1 amide bonds. The van der Waals surface area contributed by atoms with Gasteiger partial charge in [-0.25, -0.2) is 8.42 Å². The zero-order valence-electron chi connectivity index (χ0n) is 16.1. The standard InChI is InChI=1S/C20H26N2O4S/c1-15-5-9-18(10-6-15)26-14-17(3)21-20(23)13-22(4)27(24,25)19-11-7-16(2)8-12-19/h5-12,17H,13-14H2,1-4H3,(H,21,23). The molecule has 0 heterocycles. The van der Waals surface area contributed by atoms with Gasteiger partial charge in [-0.2, -0.15) is 4.31 Å². The fourth-order valence-corrected chi connectivity index (χ4v) is 3.52. The predicted octanol–water partition coefficient (Wildman–Crippen LogP) is 2.51. The van der Waals surface area contributed by atoms with Gasteiger partial charge in [0.25, 0.3) is 0 Å². The number of carbonyl (C=O) groups is 1. The number of nitrogens with zero attached hydrogens (tertiary/aromatic N) is 1. The maximum atomic E-state index is 12.5. The molecule has 1 unspecified atom stereocenters. The van der Waals surface area contributed by atoms with E-state index >= 15 is 0 Å². The van der Waals surface area contributed by atoms with Gasteiger partial charge in [0, 0.05) is 7.05 Å². The molecule has 0 spiro atoms. The van der Waals surface area contributed by atoms with E-state index in [-0.39, 0.29) is 23.4 Å². The molecule has 6 nitrogen and oxygen atoms in total. The third kappa shape index (κ3) is 6.08. The van der Waals surface area contributed by atoms with E-state index in [1.807, 2.05) is 38.1 Å². The quantitative estimate of drug-likeness (QED) is 0.751. The minimum Gasteiger partial charge on any atom is -0.491 e. The molecular formula is C20H26N2O4S. The van der Waals surface area contributed by atoms with Crippen molar-refractivity contribution in [3.63, 3.8) is 0 Å². The van der Waals surface area contributed by atoms with Gasteiger partial charge in [0.05, 0.1) is 17.5 Å². The summed E-state index contributed by atoms with van der Waals surface area (Å²) >= 11 is 0. The summed E-state index contributed by atoms with van der Waals surface area (Å²) in [5.41, 5.74) is 2.11. The van der Waals surface area contributed by atoms with Crippen molar-refractivity contribution in [2.24, 2.45) is 0 Å². The number of hydrogen-bond donors (Lipinski definition) is 1. The summed E-state index contributed by atoms with van der Waals surface area (Å²) in [6.45, 7) is 5.72. The number of amides is 1. The van der Waals surface area contributed by atoms with E-state index in [0.717, 1.165) is 21.2 Å². The number of likely N-dealkylation sites (N-methyl/N-ethyl adjacent to an activating group) is 1. The van der Waals surface area contributed by atoms with E-state index in [2.05, 4.69) is 5.32 Å². The van der Waals surface area contributed by atoms with Gasteiger partial charge in [0.1, 0.15) is 12.4 Å². The van der Waals surface area contributed by atoms with Crippen molar-refractivity contribution in [3.05, 3.63) is 59.7 Å². The van der Waals surface area contributed by atoms with Crippen molar-refractivity contribution in [2.75, 3.05) is 20.2 Å². The first-order valence-corrected chi connectivity index (χ1v) is 10.1. The average Bonchev–Trinajstić information content (AvgIpc) is 2.61. The fraction of sp³-hybridized carbons (Fsp3) is 0.350. The van der Waals surface area contributed by atoms with Crippen LogP contribution in [0.25, 0.3) is 0 Å². The highest BCUT2D eigenvalue weighted by Gasteiger charge is 2.23. The Morgan fingerprint density at radius 1 is 1.04 bits per heavy atom. The van der Waals surface area contributed by atoms with Crippen molar-refractivity contribution in [1.29, 1.82) is 0 Å². The number of carbonyl (C=O) groups excluding carboxylic acids is 1. The Hall–Kier alpha value is -2.38. The average molecular weight is 391 g/mol. The first-order valence-electron chi connectivity index (χ1n) is 8.70. The maximum absolute atomic E-state index is 12.5. The van der Waals surface area contributed by atoms with Gasteiger partial charge >= 0.3 is 0 Å². The van der Waals surface area contributed by atoms with Crippen molar-refractivity contribution in [1.82, 2.24) is 9.62 Å². The molecule has 1 N–H and O–H groups in total. The molecule has 0 aliphatic heterocycles. The third-order valence-corrected chi connectivity index (χ3v) is 5.84. The molecule has 7 heteroatoms. The number of ether oxygens (including phenoxy) is 1. The minimum atomic E-state index is -3.70. The zero-order chi connectivity index (χ0) is 20.0. The van der Waals surface area contributed by atoms with Crippen LogP contribution in [0.5, 0.6) is 5.75 Å². The molecule has 0 aromatic heterocycles. The molecule has 0 saturated carbocycles. The summed E-state index contributed by atoms with van der Waals surface area (Å²) in [4.78, 5) is 12.3. The minimum absolute atomic E-state index is 0.166. The lowest BCUT2D eigenvalue weighted by molar-refractivity contribution is -0.121. The molecule has 27 heavy (non-hydrogen) atoms. The second kappa shape index (κ2) is 9.01. The Kier molecular flexibility index (Phi) is 6.98. The number of aryl methyl sites for hydroxylation is 2. The highest BCUT2D eigenvalue weighted by Crippen LogP contribution is 2.15. The smallest absolute Gasteiger partial charge is 0.243 e. The van der Waals surface area contributed by atoms with Crippen LogP contribution in [-0.2, 0) is 14.8 Å². The first-order chi connectivity index (χ1) is 12.7. The lowest BCUT2D eigenvalue weighted by atomic mass is 10.2. The van der Waals surface area contributed by atoms with E-state index in [9.17, 15) is 13.2 Å². The van der Waals surface area contributed by atoms with Gasteiger partial charge < -0.3 is 10.1 Å². The zero-order valence-corrected chi connectivity index (χ0v) is 16.9. The first kappa shape index (κ1) is 20.9. The van der Waals surface area contributed by atoms with Crippen LogP contribution in [0.15, 0.2) is 53.4 Å². The Morgan fingerprint density at radius 3 is 2.11 bits per heavy atom. The number of sulfonamides is 1.